The van der Waals surface area contributed by atoms with E-state index in [4.69, 9.17) is 9.72 Å². The molecule has 0 spiro atoms. The van der Waals surface area contributed by atoms with Crippen molar-refractivity contribution in [1.82, 2.24) is 34.8 Å². The Labute approximate surface area is 196 Å². The van der Waals surface area contributed by atoms with Crippen LogP contribution in [0.1, 0.15) is 22.4 Å². The van der Waals surface area contributed by atoms with Crippen molar-refractivity contribution in [2.75, 3.05) is 51.3 Å². The molecule has 10 heteroatoms. The summed E-state index contributed by atoms with van der Waals surface area (Å²) >= 11 is 1.80. The van der Waals surface area contributed by atoms with Crippen molar-refractivity contribution in [2.45, 2.75) is 25.9 Å². The Balaban J connectivity index is 1.23. The van der Waals surface area contributed by atoms with Crippen molar-refractivity contribution >= 4 is 33.1 Å². The fraction of sp³-hybridized carbons (Fsp3) is 0.478. The van der Waals surface area contributed by atoms with E-state index in [0.717, 1.165) is 82.5 Å². The lowest BCUT2D eigenvalue weighted by Gasteiger charge is -2.27. The molecule has 1 fully saturated rings. The second-order valence-electron chi connectivity index (χ2n) is 8.72. The third-order valence-electron chi connectivity index (χ3n) is 6.51. The zero-order chi connectivity index (χ0) is 22.0. The second kappa shape index (κ2) is 9.30. The third kappa shape index (κ3) is 4.31. The van der Waals surface area contributed by atoms with Crippen LogP contribution in [-0.4, -0.2) is 80.8 Å². The van der Waals surface area contributed by atoms with E-state index in [1.807, 2.05) is 0 Å². The number of hydrogen-bond donors (Lipinski definition) is 1. The van der Waals surface area contributed by atoms with E-state index in [2.05, 4.69) is 61.0 Å². The minimum absolute atomic E-state index is 0.554. The normalized spacial score (nSPS) is 17.6. The monoisotopic (exact) mass is 464 g/mol. The molecule has 0 radical (unpaired) electrons. The molecule has 1 N–H and O–H groups in total. The lowest BCUT2D eigenvalue weighted by Crippen LogP contribution is -2.37. The first-order valence-electron chi connectivity index (χ1n) is 11.7. The molecule has 1 saturated heterocycles. The van der Waals surface area contributed by atoms with Crippen molar-refractivity contribution in [3.8, 4) is 0 Å². The number of aromatic nitrogens is 5. The highest BCUT2D eigenvalue weighted by Crippen LogP contribution is 2.38. The largest absolute Gasteiger partial charge is 0.379 e. The predicted octanol–water partition coefficient (Wildman–Crippen LogP) is 2.43. The van der Waals surface area contributed by atoms with Crippen LogP contribution in [0.15, 0.2) is 30.3 Å². The van der Waals surface area contributed by atoms with E-state index in [9.17, 15) is 0 Å². The number of hydrogen-bond acceptors (Lipinski definition) is 9. The highest BCUT2D eigenvalue weighted by atomic mass is 32.1. The zero-order valence-corrected chi connectivity index (χ0v) is 19.4. The van der Waals surface area contributed by atoms with Gasteiger partial charge in [-0.05, 0) is 40.9 Å². The summed E-state index contributed by atoms with van der Waals surface area (Å²) in [6.07, 6.45) is 2.08. The average molecular weight is 465 g/mol. The van der Waals surface area contributed by atoms with Gasteiger partial charge in [0.05, 0.1) is 18.6 Å². The van der Waals surface area contributed by atoms with Gasteiger partial charge in [-0.25, -0.2) is 0 Å². The Morgan fingerprint density at radius 3 is 2.82 bits per heavy atom. The summed E-state index contributed by atoms with van der Waals surface area (Å²) in [7, 11) is 0. The maximum absolute atomic E-state index is 5.45. The maximum Gasteiger partial charge on any atom is 0.276 e. The number of benzene rings is 1. The topological polar surface area (TPSA) is 83.7 Å². The Kier molecular flexibility index (Phi) is 5.89. The summed E-state index contributed by atoms with van der Waals surface area (Å²) in [4.78, 5) is 12.3. The van der Waals surface area contributed by atoms with Gasteiger partial charge in [0.15, 0.2) is 0 Å². The number of morpholine rings is 1. The molecule has 33 heavy (non-hydrogen) atoms. The van der Waals surface area contributed by atoms with Gasteiger partial charge < -0.3 is 10.1 Å². The van der Waals surface area contributed by atoms with Gasteiger partial charge in [-0.1, -0.05) is 35.4 Å². The first-order chi connectivity index (χ1) is 16.3. The molecule has 2 aliphatic rings. The number of nitrogens with zero attached hydrogens (tertiary/aromatic N) is 7. The van der Waals surface area contributed by atoms with E-state index >= 15 is 0 Å². The maximum atomic E-state index is 5.45. The molecule has 0 unspecified atom stereocenters. The van der Waals surface area contributed by atoms with Gasteiger partial charge in [0.1, 0.15) is 10.6 Å². The highest BCUT2D eigenvalue weighted by Gasteiger charge is 2.25. The van der Waals surface area contributed by atoms with Gasteiger partial charge in [0.25, 0.3) is 5.78 Å². The van der Waals surface area contributed by atoms with E-state index in [-0.39, 0.29) is 0 Å². The SMILES string of the molecule is c1ccc(CN2CCc3c(sc4c3c(NCCCN3CCOCC3)nc3nnnn34)C2)cc1. The summed E-state index contributed by atoms with van der Waals surface area (Å²) in [6, 6.07) is 10.7. The number of rotatable bonds is 7. The Hall–Kier alpha value is -2.66. The van der Waals surface area contributed by atoms with Crippen LogP contribution in [-0.2, 0) is 24.2 Å². The second-order valence-corrected chi connectivity index (χ2v) is 9.80. The lowest BCUT2D eigenvalue weighted by atomic mass is 10.0. The Morgan fingerprint density at radius 1 is 1.06 bits per heavy atom. The van der Waals surface area contributed by atoms with Crippen LogP contribution < -0.4 is 5.32 Å². The molecule has 0 bridgehead atoms. The van der Waals surface area contributed by atoms with Gasteiger partial charge in [-0.3, -0.25) is 9.80 Å². The van der Waals surface area contributed by atoms with E-state index in [1.165, 1.54) is 21.4 Å². The fourth-order valence-electron chi connectivity index (χ4n) is 4.81. The first-order valence-corrected chi connectivity index (χ1v) is 12.5. The van der Waals surface area contributed by atoms with Gasteiger partial charge in [-0.15, -0.1) is 11.3 Å². The average Bonchev–Trinajstić information content (AvgIpc) is 3.47. The highest BCUT2D eigenvalue weighted by molar-refractivity contribution is 7.19. The van der Waals surface area contributed by atoms with Gasteiger partial charge in [-0.2, -0.15) is 9.50 Å². The summed E-state index contributed by atoms with van der Waals surface area (Å²) < 4.78 is 7.24. The van der Waals surface area contributed by atoms with Gasteiger partial charge in [0.2, 0.25) is 0 Å². The van der Waals surface area contributed by atoms with Crippen LogP contribution in [0, 0.1) is 0 Å². The number of fused-ring (bicyclic) bond motifs is 5. The number of ether oxygens (including phenoxy) is 1. The number of thiophene rings is 1. The van der Waals surface area contributed by atoms with E-state index in [0.29, 0.717) is 5.78 Å². The summed E-state index contributed by atoms with van der Waals surface area (Å²) in [6.45, 7) is 8.64. The molecule has 6 rings (SSSR count). The molecule has 4 aromatic rings. The Morgan fingerprint density at radius 2 is 1.94 bits per heavy atom. The molecular formula is C23H28N8OS. The first kappa shape index (κ1) is 20.9. The standard InChI is InChI=1S/C23H28N8OS/c1-2-5-17(6-3-1)15-30-10-7-18-19(16-30)33-22-20(18)21(25-23-26-27-28-31(22)23)24-8-4-9-29-11-13-32-14-12-29/h1-3,5-6H,4,7-16H2,(H,24,25,26,28). The number of nitrogens with one attached hydrogen (secondary N) is 1. The van der Waals surface area contributed by atoms with Crippen molar-refractivity contribution in [3.05, 3.63) is 46.3 Å². The van der Waals surface area contributed by atoms with Crippen LogP contribution in [0.3, 0.4) is 0 Å². The van der Waals surface area contributed by atoms with Crippen LogP contribution >= 0.6 is 11.3 Å². The summed E-state index contributed by atoms with van der Waals surface area (Å²) in [5.74, 6) is 1.47. The minimum atomic E-state index is 0.554. The molecule has 0 amide bonds. The van der Waals surface area contributed by atoms with Crippen LogP contribution in [0.4, 0.5) is 5.82 Å². The van der Waals surface area contributed by atoms with Crippen LogP contribution in [0.5, 0.6) is 0 Å². The van der Waals surface area contributed by atoms with E-state index in [1.54, 1.807) is 15.9 Å². The zero-order valence-electron chi connectivity index (χ0n) is 18.6. The molecule has 0 saturated carbocycles. The molecule has 0 aliphatic carbocycles. The molecule has 5 heterocycles. The summed E-state index contributed by atoms with van der Waals surface area (Å²) in [5, 5.41) is 17.0. The fourth-order valence-corrected chi connectivity index (χ4v) is 6.15. The molecule has 3 aromatic heterocycles. The number of tetrazole rings is 1. The third-order valence-corrected chi connectivity index (χ3v) is 7.70. The van der Waals surface area contributed by atoms with Crippen molar-refractivity contribution in [1.29, 1.82) is 0 Å². The molecule has 1 aromatic carbocycles. The van der Waals surface area contributed by atoms with Crippen molar-refractivity contribution in [2.24, 2.45) is 0 Å². The quantitative estimate of drug-likeness (QED) is 0.418. The summed E-state index contributed by atoms with van der Waals surface area (Å²) in [5.41, 5.74) is 2.76. The molecule has 2 aliphatic heterocycles. The Bertz CT molecular complexity index is 1230. The van der Waals surface area contributed by atoms with Crippen LogP contribution in [0.25, 0.3) is 16.0 Å². The lowest BCUT2D eigenvalue weighted by molar-refractivity contribution is 0.0378. The van der Waals surface area contributed by atoms with Crippen LogP contribution in [0.2, 0.25) is 0 Å². The molecule has 0 atom stereocenters. The molecule has 9 nitrogen and oxygen atoms in total. The van der Waals surface area contributed by atoms with Gasteiger partial charge >= 0.3 is 0 Å². The molecular weight excluding hydrogens is 436 g/mol. The molecule has 172 valence electrons. The predicted molar refractivity (Wildman–Crippen MR) is 129 cm³/mol. The van der Waals surface area contributed by atoms with Crippen molar-refractivity contribution < 1.29 is 4.74 Å². The smallest absolute Gasteiger partial charge is 0.276 e. The van der Waals surface area contributed by atoms with E-state index < -0.39 is 0 Å². The minimum Gasteiger partial charge on any atom is -0.379 e. The number of anilines is 1. The van der Waals surface area contributed by atoms with Gasteiger partial charge in [0, 0.05) is 44.1 Å². The van der Waals surface area contributed by atoms with Crippen molar-refractivity contribution in [3.63, 3.8) is 0 Å².